The molecule has 5 nitrogen and oxygen atoms in total. The maximum absolute atomic E-state index is 13.5. The van der Waals surface area contributed by atoms with E-state index in [-0.39, 0.29) is 42.2 Å². The van der Waals surface area contributed by atoms with Crippen molar-refractivity contribution in [2.24, 2.45) is 0 Å². The first-order valence-electron chi connectivity index (χ1n) is 10.1. The molecule has 2 aromatic carbocycles. The summed E-state index contributed by atoms with van der Waals surface area (Å²) in [5, 5.41) is 14.2. The Kier molecular flexibility index (Phi) is 7.02. The number of amides is 1. The van der Waals surface area contributed by atoms with E-state index in [4.69, 9.17) is 0 Å². The Bertz CT molecular complexity index is 915. The number of likely N-dealkylation sites (tertiary alicyclic amines) is 1. The first-order valence-corrected chi connectivity index (χ1v) is 10.1. The van der Waals surface area contributed by atoms with Crippen LogP contribution in [0.3, 0.4) is 0 Å². The number of nitrogens with one attached hydrogen (secondary N) is 1. The van der Waals surface area contributed by atoms with E-state index < -0.39 is 11.5 Å². The number of carboxylic acid groups (broad SMARTS) is 1. The number of carboxylic acids is 1. The van der Waals surface area contributed by atoms with Crippen molar-refractivity contribution in [3.63, 3.8) is 0 Å². The van der Waals surface area contributed by atoms with Crippen LogP contribution in [0.15, 0.2) is 48.5 Å². The summed E-state index contributed by atoms with van der Waals surface area (Å²) in [7, 11) is 0. The van der Waals surface area contributed by atoms with Gasteiger partial charge in [0.1, 0.15) is 5.82 Å². The number of carbonyl (C=O) groups is 2. The normalized spacial score (nSPS) is 20.1. The number of piperidine rings is 1. The molecule has 0 aromatic heterocycles. The molecule has 2 aliphatic rings. The van der Waals surface area contributed by atoms with E-state index in [0.29, 0.717) is 6.54 Å². The molecule has 1 saturated heterocycles. The molecule has 2 aromatic rings. The van der Waals surface area contributed by atoms with Crippen molar-refractivity contribution in [3.05, 3.63) is 71.0 Å². The molecule has 30 heavy (non-hydrogen) atoms. The van der Waals surface area contributed by atoms with Crippen LogP contribution in [-0.2, 0) is 16.9 Å². The number of hydrogen-bond acceptors (Lipinski definition) is 4. The van der Waals surface area contributed by atoms with Crippen molar-refractivity contribution >= 4 is 11.9 Å². The minimum absolute atomic E-state index is 0. The number of carbonyl (C=O) groups excluding carboxylic acids is 2. The zero-order valence-corrected chi connectivity index (χ0v) is 17.2. The number of rotatable bonds is 6. The molecule has 0 spiro atoms. The second-order valence-electron chi connectivity index (χ2n) is 8.05. The summed E-state index contributed by atoms with van der Waals surface area (Å²) >= 11 is 0. The Morgan fingerprint density at radius 3 is 2.50 bits per heavy atom. The largest absolute Gasteiger partial charge is 1.00 e. The van der Waals surface area contributed by atoms with E-state index in [1.807, 2.05) is 6.07 Å². The number of aromatic carboxylic acids is 1. The van der Waals surface area contributed by atoms with Crippen LogP contribution in [0.5, 0.6) is 0 Å². The summed E-state index contributed by atoms with van der Waals surface area (Å²) in [6, 6.07) is 12.8. The van der Waals surface area contributed by atoms with Crippen molar-refractivity contribution in [1.29, 1.82) is 0 Å². The molecule has 1 heterocycles. The Labute approximate surface area is 187 Å². The molecule has 1 saturated carbocycles. The van der Waals surface area contributed by atoms with E-state index >= 15 is 0 Å². The summed E-state index contributed by atoms with van der Waals surface area (Å²) < 4.78 is 13.5. The molecular weight excluding hydrogens is 378 g/mol. The Balaban J connectivity index is 0.00000256. The van der Waals surface area contributed by atoms with E-state index in [2.05, 4.69) is 10.2 Å². The van der Waals surface area contributed by atoms with Crippen LogP contribution in [0.4, 0.5) is 4.39 Å². The monoisotopic (exact) mass is 402 g/mol. The quantitative estimate of drug-likeness (QED) is 0.653. The van der Waals surface area contributed by atoms with E-state index in [9.17, 15) is 19.1 Å². The fourth-order valence-corrected chi connectivity index (χ4v) is 4.20. The van der Waals surface area contributed by atoms with Crippen molar-refractivity contribution in [3.8, 4) is 0 Å². The maximum atomic E-state index is 13.5. The smallest absolute Gasteiger partial charge is 0.545 e. The van der Waals surface area contributed by atoms with Gasteiger partial charge in [-0.3, -0.25) is 9.69 Å². The molecule has 0 bridgehead atoms. The predicted octanol–water partition coefficient (Wildman–Crippen LogP) is -0.647. The number of halogens is 1. The van der Waals surface area contributed by atoms with Crippen molar-refractivity contribution < 1.29 is 37.9 Å². The standard InChI is InChI=1S/C23H25FN2O3.Li/c24-19-5-3-4-16(14-19)15-26-13-2-1-6-20(26)21(27)25-23(11-12-23)18-9-7-17(8-10-18)22(28)29;/h3-5,7-10,14,20H,1-2,6,11-13,15H2,(H,25,27)(H,28,29);/q;+1/p-1/t20-;/m1./s1. The van der Waals surface area contributed by atoms with Gasteiger partial charge in [-0.05, 0) is 61.1 Å². The summed E-state index contributed by atoms with van der Waals surface area (Å²) in [6.07, 6.45) is 4.46. The van der Waals surface area contributed by atoms with Gasteiger partial charge in [-0.25, -0.2) is 4.39 Å². The molecule has 152 valence electrons. The van der Waals surface area contributed by atoms with Crippen LogP contribution >= 0.6 is 0 Å². The molecule has 7 heteroatoms. The van der Waals surface area contributed by atoms with Gasteiger partial charge < -0.3 is 15.2 Å². The van der Waals surface area contributed by atoms with Gasteiger partial charge in [-0.2, -0.15) is 0 Å². The zero-order valence-electron chi connectivity index (χ0n) is 17.2. The molecule has 1 aliphatic heterocycles. The molecule has 1 atom stereocenters. The Hall–Kier alpha value is -2.13. The summed E-state index contributed by atoms with van der Waals surface area (Å²) in [6.45, 7) is 1.35. The van der Waals surface area contributed by atoms with Crippen LogP contribution in [0.25, 0.3) is 0 Å². The van der Waals surface area contributed by atoms with Gasteiger partial charge in [-0.15, -0.1) is 0 Å². The summed E-state index contributed by atoms with van der Waals surface area (Å²) in [5.41, 5.74) is 1.50. The second kappa shape index (κ2) is 9.34. The average Bonchev–Trinajstić information content (AvgIpc) is 3.49. The molecule has 1 aliphatic carbocycles. The zero-order chi connectivity index (χ0) is 20.4. The van der Waals surface area contributed by atoms with Gasteiger partial charge in [-0.1, -0.05) is 42.8 Å². The molecular formula is C23H24FLiN2O3. The molecule has 1 amide bonds. The van der Waals surface area contributed by atoms with Gasteiger partial charge in [0.15, 0.2) is 0 Å². The molecule has 2 fully saturated rings. The van der Waals surface area contributed by atoms with Gasteiger partial charge in [0, 0.05) is 6.54 Å². The number of nitrogens with zero attached hydrogens (tertiary/aromatic N) is 1. The van der Waals surface area contributed by atoms with E-state index in [0.717, 1.165) is 49.8 Å². The van der Waals surface area contributed by atoms with E-state index in [1.54, 1.807) is 18.2 Å². The predicted molar refractivity (Wildman–Crippen MR) is 104 cm³/mol. The van der Waals surface area contributed by atoms with E-state index in [1.165, 1.54) is 24.3 Å². The number of benzene rings is 2. The third-order valence-electron chi connectivity index (χ3n) is 5.98. The minimum Gasteiger partial charge on any atom is -0.545 e. The molecule has 0 unspecified atom stereocenters. The SMILES string of the molecule is O=C([O-])c1ccc(C2(NC(=O)[C@H]3CCCCN3Cc3cccc(F)c3)CC2)cc1.[Li+]. The van der Waals surface area contributed by atoms with Gasteiger partial charge in [0.05, 0.1) is 17.6 Å². The van der Waals surface area contributed by atoms with Crippen molar-refractivity contribution in [1.82, 2.24) is 10.2 Å². The topological polar surface area (TPSA) is 72.5 Å². The Morgan fingerprint density at radius 1 is 1.13 bits per heavy atom. The molecule has 4 rings (SSSR count). The molecule has 1 N–H and O–H groups in total. The van der Waals surface area contributed by atoms with Crippen LogP contribution < -0.4 is 29.3 Å². The van der Waals surface area contributed by atoms with Gasteiger partial charge in [0.25, 0.3) is 0 Å². The van der Waals surface area contributed by atoms with Crippen molar-refractivity contribution in [2.75, 3.05) is 6.54 Å². The third kappa shape index (κ3) is 4.95. The van der Waals surface area contributed by atoms with Crippen LogP contribution in [0, 0.1) is 5.82 Å². The maximum Gasteiger partial charge on any atom is 1.00 e. The fraction of sp³-hybridized carbons (Fsp3) is 0.391. The minimum atomic E-state index is -1.21. The Morgan fingerprint density at radius 2 is 1.87 bits per heavy atom. The second-order valence-corrected chi connectivity index (χ2v) is 8.05. The first-order chi connectivity index (χ1) is 14.0. The van der Waals surface area contributed by atoms with Gasteiger partial charge >= 0.3 is 18.9 Å². The summed E-state index contributed by atoms with van der Waals surface area (Å²) in [5.74, 6) is -1.49. The summed E-state index contributed by atoms with van der Waals surface area (Å²) in [4.78, 5) is 26.2. The third-order valence-corrected chi connectivity index (χ3v) is 5.98. The van der Waals surface area contributed by atoms with Crippen LogP contribution in [-0.4, -0.2) is 29.4 Å². The average molecular weight is 402 g/mol. The van der Waals surface area contributed by atoms with Gasteiger partial charge in [0.2, 0.25) is 5.91 Å². The molecule has 0 radical (unpaired) electrons. The number of hydrogen-bond donors (Lipinski definition) is 1. The fourth-order valence-electron chi connectivity index (χ4n) is 4.20. The van der Waals surface area contributed by atoms with Crippen molar-refractivity contribution in [2.45, 2.75) is 50.2 Å². The first kappa shape index (κ1) is 22.6. The van der Waals surface area contributed by atoms with Crippen LogP contribution in [0.1, 0.15) is 53.6 Å². The van der Waals surface area contributed by atoms with Crippen LogP contribution in [0.2, 0.25) is 0 Å².